The van der Waals surface area contributed by atoms with Crippen molar-refractivity contribution in [2.45, 2.75) is 6.92 Å². The topological polar surface area (TPSA) is 20.2 Å². The molecule has 1 aliphatic rings. The molecule has 1 aromatic carbocycles. The maximum Gasteiger partial charge on any atom is 0.182 e. The van der Waals surface area contributed by atoms with Crippen molar-refractivity contribution in [3.8, 4) is 0 Å². The average Bonchev–Trinajstić information content (AvgIpc) is 2.49. The summed E-state index contributed by atoms with van der Waals surface area (Å²) in [5.74, 6) is 0. The van der Waals surface area contributed by atoms with E-state index in [1.165, 1.54) is 5.57 Å². The second-order valence-corrected chi connectivity index (χ2v) is 6.69. The first-order valence-electron chi connectivity index (χ1n) is 4.52. The molecular weight excluding hydrogens is 179 g/mol. The van der Waals surface area contributed by atoms with Crippen molar-refractivity contribution in [1.82, 2.24) is 0 Å². The van der Waals surface area contributed by atoms with Gasteiger partial charge in [-0.25, -0.2) is 4.89 Å². The van der Waals surface area contributed by atoms with Gasteiger partial charge < -0.3 is 0 Å². The van der Waals surface area contributed by atoms with Crippen LogP contribution in [0.5, 0.6) is 0 Å². The molecule has 0 saturated carbocycles. The van der Waals surface area contributed by atoms with E-state index in [0.717, 1.165) is 17.6 Å². The van der Waals surface area contributed by atoms with Gasteiger partial charge in [0.15, 0.2) is 7.49 Å². The second kappa shape index (κ2) is 3.25. The van der Waals surface area contributed by atoms with Crippen molar-refractivity contribution < 1.29 is 4.89 Å². The summed E-state index contributed by atoms with van der Waals surface area (Å²) in [6.45, 7) is 2.10. The van der Waals surface area contributed by atoms with Crippen molar-refractivity contribution in [2.24, 2.45) is 0 Å². The monoisotopic (exact) mass is 193 g/mol. The van der Waals surface area contributed by atoms with Gasteiger partial charge in [-0.2, -0.15) is 0 Å². The van der Waals surface area contributed by atoms with E-state index in [9.17, 15) is 4.89 Å². The molecule has 0 saturated heterocycles. The first kappa shape index (κ1) is 8.93. The van der Waals surface area contributed by atoms with Crippen LogP contribution < -0.4 is 5.30 Å². The van der Waals surface area contributed by atoms with E-state index in [4.69, 9.17) is 0 Å². The van der Waals surface area contributed by atoms with Crippen LogP contribution in [0.1, 0.15) is 6.92 Å². The average molecular weight is 193 g/mol. The summed E-state index contributed by atoms with van der Waals surface area (Å²) < 4.78 is 0. The lowest BCUT2D eigenvalue weighted by Crippen LogP contribution is -2.12. The lowest BCUT2D eigenvalue weighted by atomic mass is 10.3. The molecule has 0 aromatic heterocycles. The van der Waals surface area contributed by atoms with Crippen molar-refractivity contribution in [2.75, 3.05) is 12.3 Å². The Morgan fingerprint density at radius 3 is 2.46 bits per heavy atom. The number of hydrogen-bond donors (Lipinski definition) is 1. The molecule has 0 fully saturated rings. The smallest absolute Gasteiger partial charge is 0.182 e. The summed E-state index contributed by atoms with van der Waals surface area (Å²) >= 11 is 0. The SMILES string of the molecule is CC1=CC[P+](O)(c2ccccc2)C1. The fraction of sp³-hybridized carbons (Fsp3) is 0.273. The minimum atomic E-state index is -1.82. The van der Waals surface area contributed by atoms with E-state index in [-0.39, 0.29) is 0 Å². The fourth-order valence-electron chi connectivity index (χ4n) is 1.75. The Bertz CT molecular complexity index is 331. The third kappa shape index (κ3) is 1.67. The summed E-state index contributed by atoms with van der Waals surface area (Å²) in [6.07, 6.45) is 3.92. The van der Waals surface area contributed by atoms with Crippen LogP contribution in [0.3, 0.4) is 0 Å². The van der Waals surface area contributed by atoms with Crippen molar-refractivity contribution in [3.63, 3.8) is 0 Å². The molecule has 1 aromatic rings. The highest BCUT2D eigenvalue weighted by Crippen LogP contribution is 2.57. The highest BCUT2D eigenvalue weighted by atomic mass is 31.2. The van der Waals surface area contributed by atoms with Gasteiger partial charge in [0.25, 0.3) is 0 Å². The Kier molecular flexibility index (Phi) is 2.23. The molecule has 0 spiro atoms. The number of hydrogen-bond acceptors (Lipinski definition) is 1. The Balaban J connectivity index is 2.28. The molecular formula is C11H14OP+. The molecule has 0 radical (unpaired) electrons. The van der Waals surface area contributed by atoms with Crippen LogP contribution in [0.25, 0.3) is 0 Å². The molecule has 1 nitrogen and oxygen atoms in total. The Hall–Kier alpha value is -0.650. The van der Waals surface area contributed by atoms with Crippen LogP contribution in [0, 0.1) is 0 Å². The number of rotatable bonds is 1. The van der Waals surface area contributed by atoms with E-state index in [2.05, 4.69) is 13.0 Å². The van der Waals surface area contributed by atoms with E-state index in [0.29, 0.717) is 0 Å². The highest BCUT2D eigenvalue weighted by molar-refractivity contribution is 7.78. The molecule has 13 heavy (non-hydrogen) atoms. The van der Waals surface area contributed by atoms with Gasteiger partial charge in [0.2, 0.25) is 0 Å². The minimum Gasteiger partial charge on any atom is -0.246 e. The Morgan fingerprint density at radius 2 is 1.92 bits per heavy atom. The van der Waals surface area contributed by atoms with Crippen molar-refractivity contribution >= 4 is 12.8 Å². The summed E-state index contributed by atoms with van der Waals surface area (Å²) in [7, 11) is -1.82. The summed E-state index contributed by atoms with van der Waals surface area (Å²) in [5.41, 5.74) is 1.33. The van der Waals surface area contributed by atoms with Gasteiger partial charge >= 0.3 is 0 Å². The largest absolute Gasteiger partial charge is 0.246 e. The van der Waals surface area contributed by atoms with Crippen molar-refractivity contribution in [3.05, 3.63) is 42.0 Å². The van der Waals surface area contributed by atoms with Gasteiger partial charge in [0.05, 0.1) is 0 Å². The summed E-state index contributed by atoms with van der Waals surface area (Å²) in [4.78, 5) is 10.4. The second-order valence-electron chi connectivity index (χ2n) is 3.65. The van der Waals surface area contributed by atoms with Crippen LogP contribution in [0.2, 0.25) is 0 Å². The first-order chi connectivity index (χ1) is 6.21. The zero-order valence-corrected chi connectivity index (χ0v) is 8.67. The van der Waals surface area contributed by atoms with Gasteiger partial charge in [0, 0.05) is 0 Å². The fourth-order valence-corrected chi connectivity index (χ4v) is 4.57. The molecule has 2 heteroatoms. The summed E-state index contributed by atoms with van der Waals surface area (Å²) in [5, 5.41) is 1.14. The van der Waals surface area contributed by atoms with Crippen LogP contribution in [0.4, 0.5) is 0 Å². The lowest BCUT2D eigenvalue weighted by molar-refractivity contribution is 0.619. The van der Waals surface area contributed by atoms with Crippen LogP contribution in [-0.4, -0.2) is 17.2 Å². The van der Waals surface area contributed by atoms with E-state index in [1.54, 1.807) is 0 Å². The van der Waals surface area contributed by atoms with Crippen molar-refractivity contribution in [1.29, 1.82) is 0 Å². The molecule has 0 amide bonds. The van der Waals surface area contributed by atoms with E-state index >= 15 is 0 Å². The molecule has 1 N–H and O–H groups in total. The zero-order chi connectivity index (χ0) is 9.31. The predicted octanol–water partition coefficient (Wildman–Crippen LogP) is 2.20. The number of allylic oxidation sites excluding steroid dienone is 2. The van der Waals surface area contributed by atoms with E-state index in [1.807, 2.05) is 30.3 Å². The number of benzene rings is 1. The normalized spacial score (nSPS) is 27.4. The predicted molar refractivity (Wildman–Crippen MR) is 58.7 cm³/mol. The van der Waals surface area contributed by atoms with Gasteiger partial charge in [0.1, 0.15) is 17.6 Å². The van der Waals surface area contributed by atoms with Gasteiger partial charge in [-0.05, 0) is 30.7 Å². The lowest BCUT2D eigenvalue weighted by Gasteiger charge is -2.13. The molecule has 0 bridgehead atoms. The third-order valence-corrected chi connectivity index (χ3v) is 5.56. The van der Waals surface area contributed by atoms with Crippen LogP contribution in [0.15, 0.2) is 42.0 Å². The van der Waals surface area contributed by atoms with Crippen LogP contribution in [-0.2, 0) is 0 Å². The van der Waals surface area contributed by atoms with Gasteiger partial charge in [-0.1, -0.05) is 18.2 Å². The van der Waals surface area contributed by atoms with Gasteiger partial charge in [-0.15, -0.1) is 0 Å². The molecule has 2 rings (SSSR count). The Labute approximate surface area is 79.5 Å². The molecule has 0 aliphatic carbocycles. The standard InChI is InChI=1S/C11H14OP/c1-10-7-8-13(12,9-10)11-5-3-2-4-6-11/h2-7,12H,8-9H2,1H3/q+1. The molecule has 1 atom stereocenters. The quantitative estimate of drug-likeness (QED) is 0.535. The zero-order valence-electron chi connectivity index (χ0n) is 7.77. The van der Waals surface area contributed by atoms with E-state index < -0.39 is 7.49 Å². The molecule has 1 heterocycles. The first-order valence-corrected chi connectivity index (χ1v) is 6.63. The maximum atomic E-state index is 10.4. The molecule has 1 unspecified atom stereocenters. The summed E-state index contributed by atoms with van der Waals surface area (Å²) in [6, 6.07) is 10.1. The highest BCUT2D eigenvalue weighted by Gasteiger charge is 2.41. The molecule has 68 valence electrons. The van der Waals surface area contributed by atoms with Gasteiger partial charge in [-0.3, -0.25) is 0 Å². The molecule has 1 aliphatic heterocycles. The van der Waals surface area contributed by atoms with Crippen LogP contribution >= 0.6 is 7.49 Å². The minimum absolute atomic E-state index is 0.864. The third-order valence-electron chi connectivity index (χ3n) is 2.49. The maximum absolute atomic E-state index is 10.4. The Morgan fingerprint density at radius 1 is 1.23 bits per heavy atom.